The zero-order chi connectivity index (χ0) is 21.3. The van der Waals surface area contributed by atoms with Crippen molar-refractivity contribution >= 4 is 27.8 Å². The van der Waals surface area contributed by atoms with Gasteiger partial charge in [0.25, 0.3) is 10.1 Å². The molecule has 0 N–H and O–H groups in total. The summed E-state index contributed by atoms with van der Waals surface area (Å²) < 4.78 is 35.2. The van der Waals surface area contributed by atoms with Gasteiger partial charge < -0.3 is 9.64 Å². The number of hydrogen-bond donors (Lipinski definition) is 0. The average Bonchev–Trinajstić information content (AvgIpc) is 2.49. The van der Waals surface area contributed by atoms with E-state index in [1.54, 1.807) is 20.8 Å². The molecule has 0 radical (unpaired) electrons. The standard InChI is InChI=1S/C18H28ClN3O5S/c1-17(2,3)11-26-28(24,25)10-14-12-7-8-22(16(23)27-18(4,5)6)9-13(12)20-15(19)21-14/h7-11H2,1-6H3. The van der Waals surface area contributed by atoms with Crippen LogP contribution in [0.2, 0.25) is 5.28 Å². The van der Waals surface area contributed by atoms with Crippen molar-refractivity contribution in [2.24, 2.45) is 5.41 Å². The fourth-order valence-electron chi connectivity index (χ4n) is 2.55. The van der Waals surface area contributed by atoms with E-state index in [9.17, 15) is 13.2 Å². The fourth-order valence-corrected chi connectivity index (χ4v) is 3.95. The number of hydrogen-bond acceptors (Lipinski definition) is 7. The lowest BCUT2D eigenvalue weighted by Gasteiger charge is -2.31. The summed E-state index contributed by atoms with van der Waals surface area (Å²) in [6.45, 7) is 11.7. The van der Waals surface area contributed by atoms with Crippen LogP contribution in [0.1, 0.15) is 58.5 Å². The maximum atomic E-state index is 12.4. The van der Waals surface area contributed by atoms with E-state index in [0.29, 0.717) is 29.9 Å². The third-order valence-corrected chi connectivity index (χ3v) is 5.03. The van der Waals surface area contributed by atoms with Crippen LogP contribution in [0.4, 0.5) is 4.79 Å². The van der Waals surface area contributed by atoms with Gasteiger partial charge in [0.05, 0.1) is 24.5 Å². The van der Waals surface area contributed by atoms with Gasteiger partial charge in [-0.05, 0) is 44.2 Å². The maximum Gasteiger partial charge on any atom is 0.410 e. The van der Waals surface area contributed by atoms with Crippen molar-refractivity contribution in [3.05, 3.63) is 22.2 Å². The zero-order valence-electron chi connectivity index (χ0n) is 17.2. The molecule has 158 valence electrons. The lowest BCUT2D eigenvalue weighted by molar-refractivity contribution is 0.0220. The molecule has 0 saturated heterocycles. The third kappa shape index (κ3) is 6.86. The highest BCUT2D eigenvalue weighted by molar-refractivity contribution is 7.85. The van der Waals surface area contributed by atoms with Gasteiger partial charge in [-0.3, -0.25) is 4.18 Å². The number of halogens is 1. The zero-order valence-corrected chi connectivity index (χ0v) is 18.8. The van der Waals surface area contributed by atoms with E-state index in [1.165, 1.54) is 4.90 Å². The van der Waals surface area contributed by atoms with Crippen LogP contribution in [0.5, 0.6) is 0 Å². The van der Waals surface area contributed by atoms with Crippen molar-refractivity contribution in [1.29, 1.82) is 0 Å². The first-order valence-electron chi connectivity index (χ1n) is 9.04. The van der Waals surface area contributed by atoms with E-state index in [4.69, 9.17) is 20.5 Å². The van der Waals surface area contributed by atoms with Crippen LogP contribution in [-0.2, 0) is 37.8 Å². The van der Waals surface area contributed by atoms with Crippen molar-refractivity contribution in [1.82, 2.24) is 14.9 Å². The molecule has 1 aliphatic heterocycles. The molecule has 1 aliphatic rings. The van der Waals surface area contributed by atoms with E-state index in [-0.39, 0.29) is 29.6 Å². The van der Waals surface area contributed by atoms with Gasteiger partial charge in [-0.15, -0.1) is 0 Å². The Kier molecular flexibility index (Phi) is 6.62. The second-order valence-electron chi connectivity index (χ2n) is 9.04. The van der Waals surface area contributed by atoms with Crippen LogP contribution in [0.15, 0.2) is 0 Å². The number of carbonyl (C=O) groups excluding carboxylic acids is 1. The monoisotopic (exact) mass is 433 g/mol. The van der Waals surface area contributed by atoms with E-state index in [1.807, 2.05) is 20.8 Å². The Morgan fingerprint density at radius 1 is 1.18 bits per heavy atom. The molecule has 0 bridgehead atoms. The molecule has 10 heteroatoms. The molecular formula is C18H28ClN3O5S. The SMILES string of the molecule is CC(C)(C)COS(=O)(=O)Cc1nc(Cl)nc2c1CCN(C(=O)OC(C)(C)C)C2. The van der Waals surface area contributed by atoms with Crippen LogP contribution >= 0.6 is 11.6 Å². The van der Waals surface area contributed by atoms with Crippen molar-refractivity contribution in [3.8, 4) is 0 Å². The van der Waals surface area contributed by atoms with Gasteiger partial charge >= 0.3 is 6.09 Å². The normalized spacial score (nSPS) is 15.3. The van der Waals surface area contributed by atoms with Crippen molar-refractivity contribution in [2.45, 2.75) is 65.9 Å². The molecule has 8 nitrogen and oxygen atoms in total. The molecule has 2 heterocycles. The van der Waals surface area contributed by atoms with Crippen LogP contribution < -0.4 is 0 Å². The fraction of sp³-hybridized carbons (Fsp3) is 0.722. The summed E-state index contributed by atoms with van der Waals surface area (Å²) in [5.41, 5.74) is 0.631. The summed E-state index contributed by atoms with van der Waals surface area (Å²) >= 11 is 6.00. The summed E-state index contributed by atoms with van der Waals surface area (Å²) in [6.07, 6.45) is -0.0360. The number of nitrogens with zero attached hydrogens (tertiary/aromatic N) is 3. The topological polar surface area (TPSA) is 98.7 Å². The summed E-state index contributed by atoms with van der Waals surface area (Å²) in [5, 5.41) is -0.0641. The quantitative estimate of drug-likeness (QED) is 0.530. The van der Waals surface area contributed by atoms with Crippen LogP contribution in [-0.4, -0.2) is 48.1 Å². The molecule has 1 aromatic heterocycles. The number of fused-ring (bicyclic) bond motifs is 1. The minimum Gasteiger partial charge on any atom is -0.444 e. The highest BCUT2D eigenvalue weighted by Gasteiger charge is 2.30. The van der Waals surface area contributed by atoms with Gasteiger partial charge in [0.1, 0.15) is 11.4 Å². The first-order chi connectivity index (χ1) is 12.7. The molecule has 0 unspecified atom stereocenters. The first kappa shape index (κ1) is 22.8. The third-order valence-electron chi connectivity index (χ3n) is 3.76. The first-order valence-corrected chi connectivity index (χ1v) is 11.0. The van der Waals surface area contributed by atoms with Crippen LogP contribution in [0.3, 0.4) is 0 Å². The molecular weight excluding hydrogens is 406 g/mol. The van der Waals surface area contributed by atoms with Gasteiger partial charge in [0.2, 0.25) is 5.28 Å². The minimum absolute atomic E-state index is 0.0641. The predicted molar refractivity (Wildman–Crippen MR) is 105 cm³/mol. The molecule has 0 saturated carbocycles. The van der Waals surface area contributed by atoms with Crippen molar-refractivity contribution < 1.29 is 22.1 Å². The molecule has 0 aromatic carbocycles. The number of ether oxygens (including phenoxy) is 1. The minimum atomic E-state index is -3.83. The Labute approximate surface area is 171 Å². The van der Waals surface area contributed by atoms with Crippen LogP contribution in [0.25, 0.3) is 0 Å². The highest BCUT2D eigenvalue weighted by Crippen LogP contribution is 2.25. The van der Waals surface area contributed by atoms with E-state index < -0.39 is 21.8 Å². The summed E-state index contributed by atoms with van der Waals surface area (Å²) in [7, 11) is -3.83. The Balaban J connectivity index is 2.20. The van der Waals surface area contributed by atoms with E-state index in [2.05, 4.69) is 9.97 Å². The number of carbonyl (C=O) groups is 1. The molecule has 0 aliphatic carbocycles. The Bertz CT molecular complexity index is 844. The molecule has 0 atom stereocenters. The number of amides is 1. The Morgan fingerprint density at radius 2 is 1.82 bits per heavy atom. The lowest BCUT2D eigenvalue weighted by Crippen LogP contribution is -2.40. The summed E-state index contributed by atoms with van der Waals surface area (Å²) in [5.74, 6) is -0.389. The van der Waals surface area contributed by atoms with Gasteiger partial charge in [-0.1, -0.05) is 20.8 Å². The molecule has 2 rings (SSSR count). The molecule has 1 aromatic rings. The highest BCUT2D eigenvalue weighted by atomic mass is 35.5. The predicted octanol–water partition coefficient (Wildman–Crippen LogP) is 3.32. The van der Waals surface area contributed by atoms with Gasteiger partial charge in [0.15, 0.2) is 0 Å². The van der Waals surface area contributed by atoms with Gasteiger partial charge in [-0.2, -0.15) is 8.42 Å². The van der Waals surface area contributed by atoms with Gasteiger partial charge in [0, 0.05) is 12.1 Å². The van der Waals surface area contributed by atoms with Gasteiger partial charge in [-0.25, -0.2) is 14.8 Å². The van der Waals surface area contributed by atoms with Crippen molar-refractivity contribution in [2.75, 3.05) is 13.2 Å². The summed E-state index contributed by atoms with van der Waals surface area (Å²) in [4.78, 5) is 22.1. The molecule has 1 amide bonds. The average molecular weight is 434 g/mol. The second kappa shape index (κ2) is 8.12. The maximum absolute atomic E-state index is 12.4. The molecule has 28 heavy (non-hydrogen) atoms. The summed E-state index contributed by atoms with van der Waals surface area (Å²) in [6, 6.07) is 0. The largest absolute Gasteiger partial charge is 0.444 e. The van der Waals surface area contributed by atoms with E-state index in [0.717, 1.165) is 0 Å². The smallest absolute Gasteiger partial charge is 0.410 e. The van der Waals surface area contributed by atoms with Crippen molar-refractivity contribution in [3.63, 3.8) is 0 Å². The van der Waals surface area contributed by atoms with E-state index >= 15 is 0 Å². The number of aromatic nitrogens is 2. The molecule has 0 spiro atoms. The Morgan fingerprint density at radius 3 is 2.39 bits per heavy atom. The number of rotatable bonds is 4. The molecule has 0 fully saturated rings. The Hall–Kier alpha value is -1.45. The second-order valence-corrected chi connectivity index (χ2v) is 11.0. The van der Waals surface area contributed by atoms with Crippen LogP contribution in [0, 0.1) is 5.41 Å². The lowest BCUT2D eigenvalue weighted by atomic mass is 9.99.